The monoisotopic (exact) mass is 440 g/mol. The topological polar surface area (TPSA) is 79.7 Å². The Morgan fingerprint density at radius 2 is 2.11 bits per heavy atom. The summed E-state index contributed by atoms with van der Waals surface area (Å²) < 4.78 is 20.1. The van der Waals surface area contributed by atoms with Crippen molar-refractivity contribution in [1.29, 1.82) is 0 Å². The number of carboxylic acids is 1. The van der Waals surface area contributed by atoms with Crippen LogP contribution in [0.4, 0.5) is 15.2 Å². The number of carboxylic acid groups (broad SMARTS) is 1. The maximum absolute atomic E-state index is 13.8. The lowest BCUT2D eigenvalue weighted by atomic mass is 9.97. The van der Waals surface area contributed by atoms with Crippen LogP contribution in [-0.2, 0) is 9.59 Å². The number of nitrogens with zero attached hydrogens (tertiary/aromatic N) is 2. The highest BCUT2D eigenvalue weighted by molar-refractivity contribution is 7.22. The van der Waals surface area contributed by atoms with Crippen molar-refractivity contribution in [3.63, 3.8) is 0 Å². The number of fused-ring (bicyclic) bond motifs is 2. The molecule has 0 bridgehead atoms. The summed E-state index contributed by atoms with van der Waals surface area (Å²) in [6, 6.07) is 7.00. The molecule has 0 spiro atoms. The maximum Gasteiger partial charge on any atom is 0.307 e. The summed E-state index contributed by atoms with van der Waals surface area (Å²) in [5.41, 5.74) is -1.06. The van der Waals surface area contributed by atoms with Gasteiger partial charge in [0, 0.05) is 6.07 Å². The normalized spacial score (nSPS) is 18.9. The number of aliphatic carboxylic acids is 1. The number of carbonyl (C=O) groups excluding carboxylic acids is 1. The minimum absolute atomic E-state index is 0.0479. The lowest BCUT2D eigenvalue weighted by Gasteiger charge is -2.38. The molecule has 1 amide bonds. The summed E-state index contributed by atoms with van der Waals surface area (Å²) in [7, 11) is 0. The molecule has 6 nitrogen and oxygen atoms in total. The van der Waals surface area contributed by atoms with Gasteiger partial charge in [0.25, 0.3) is 5.91 Å². The van der Waals surface area contributed by atoms with Crippen molar-refractivity contribution >= 4 is 67.5 Å². The van der Waals surface area contributed by atoms with Crippen LogP contribution < -0.4 is 9.64 Å². The van der Waals surface area contributed by atoms with Crippen molar-refractivity contribution in [2.45, 2.75) is 18.9 Å². The Morgan fingerprint density at radius 3 is 2.82 bits per heavy atom. The number of rotatable bonds is 3. The number of amides is 1. The van der Waals surface area contributed by atoms with E-state index in [-0.39, 0.29) is 21.6 Å². The van der Waals surface area contributed by atoms with Crippen molar-refractivity contribution in [1.82, 2.24) is 4.98 Å². The van der Waals surface area contributed by atoms with Crippen LogP contribution in [0, 0.1) is 5.82 Å². The van der Waals surface area contributed by atoms with Gasteiger partial charge in [-0.2, -0.15) is 0 Å². The Hall–Kier alpha value is -2.42. The van der Waals surface area contributed by atoms with E-state index in [1.807, 2.05) is 0 Å². The molecule has 1 aliphatic heterocycles. The Balaban J connectivity index is 1.92. The first-order chi connectivity index (χ1) is 13.2. The van der Waals surface area contributed by atoms with Gasteiger partial charge in [-0.1, -0.05) is 34.5 Å². The van der Waals surface area contributed by atoms with E-state index < -0.39 is 29.7 Å². The van der Waals surface area contributed by atoms with Crippen molar-refractivity contribution in [2.75, 3.05) is 4.90 Å². The summed E-state index contributed by atoms with van der Waals surface area (Å²) in [4.78, 5) is 30.2. The molecule has 4 rings (SSSR count). The highest BCUT2D eigenvalue weighted by Gasteiger charge is 2.48. The molecule has 1 unspecified atom stereocenters. The van der Waals surface area contributed by atoms with Crippen LogP contribution in [0.25, 0.3) is 10.2 Å². The molecule has 0 fully saturated rings. The predicted octanol–water partition coefficient (Wildman–Crippen LogP) is 5.03. The average molecular weight is 441 g/mol. The second-order valence-electron chi connectivity index (χ2n) is 6.36. The number of anilines is 2. The van der Waals surface area contributed by atoms with Crippen LogP contribution in [0.15, 0.2) is 30.3 Å². The quantitative estimate of drug-likeness (QED) is 0.617. The molecule has 3 aromatic rings. The van der Waals surface area contributed by atoms with Crippen LogP contribution in [-0.4, -0.2) is 27.6 Å². The van der Waals surface area contributed by atoms with E-state index in [2.05, 4.69) is 4.98 Å². The largest absolute Gasteiger partial charge is 0.481 e. The van der Waals surface area contributed by atoms with E-state index in [1.165, 1.54) is 35.3 Å². The zero-order valence-electron chi connectivity index (χ0n) is 14.2. The van der Waals surface area contributed by atoms with E-state index in [0.717, 1.165) is 6.07 Å². The van der Waals surface area contributed by atoms with Crippen molar-refractivity contribution < 1.29 is 23.8 Å². The first-order valence-corrected chi connectivity index (χ1v) is 9.56. The molecule has 2 aromatic carbocycles. The van der Waals surface area contributed by atoms with Gasteiger partial charge >= 0.3 is 5.97 Å². The zero-order chi connectivity index (χ0) is 20.2. The third-order valence-electron chi connectivity index (χ3n) is 4.27. The first-order valence-electron chi connectivity index (χ1n) is 7.99. The molecular weight excluding hydrogens is 430 g/mol. The predicted molar refractivity (Wildman–Crippen MR) is 104 cm³/mol. The number of halogens is 3. The molecule has 0 saturated carbocycles. The highest BCUT2D eigenvalue weighted by Crippen LogP contribution is 2.46. The molecule has 1 N–H and O–H groups in total. The molecule has 1 atom stereocenters. The van der Waals surface area contributed by atoms with E-state index in [4.69, 9.17) is 27.9 Å². The van der Waals surface area contributed by atoms with Gasteiger partial charge in [0.1, 0.15) is 17.1 Å². The number of benzene rings is 2. The average Bonchev–Trinajstić information content (AvgIpc) is 3.03. The van der Waals surface area contributed by atoms with Crippen LogP contribution in [0.1, 0.15) is 13.3 Å². The zero-order valence-corrected chi connectivity index (χ0v) is 16.5. The summed E-state index contributed by atoms with van der Waals surface area (Å²) in [5, 5.41) is 10.0. The first kappa shape index (κ1) is 18.9. The van der Waals surface area contributed by atoms with Crippen LogP contribution in [0.5, 0.6) is 5.75 Å². The lowest BCUT2D eigenvalue weighted by Crippen LogP contribution is -2.53. The smallest absolute Gasteiger partial charge is 0.307 e. The highest BCUT2D eigenvalue weighted by atomic mass is 35.5. The second kappa shape index (κ2) is 6.58. The number of carbonyl (C=O) groups is 2. The van der Waals surface area contributed by atoms with Gasteiger partial charge in [0.2, 0.25) is 0 Å². The molecule has 28 heavy (non-hydrogen) atoms. The number of aromatic nitrogens is 1. The van der Waals surface area contributed by atoms with Crippen molar-refractivity contribution in [2.24, 2.45) is 0 Å². The van der Waals surface area contributed by atoms with Crippen LogP contribution >= 0.6 is 34.5 Å². The van der Waals surface area contributed by atoms with Gasteiger partial charge < -0.3 is 9.84 Å². The summed E-state index contributed by atoms with van der Waals surface area (Å²) in [6.45, 7) is 1.35. The number of thiazole rings is 1. The van der Waals surface area contributed by atoms with E-state index in [9.17, 15) is 19.1 Å². The molecular formula is C18H11Cl2FN2O4S. The molecule has 0 saturated heterocycles. The van der Waals surface area contributed by atoms with Gasteiger partial charge in [-0.15, -0.1) is 0 Å². The lowest BCUT2D eigenvalue weighted by molar-refractivity contribution is -0.148. The number of hydrogen-bond acceptors (Lipinski definition) is 5. The fourth-order valence-corrected chi connectivity index (χ4v) is 4.40. The molecule has 0 radical (unpaired) electrons. The molecule has 144 valence electrons. The Labute approximate surface area is 172 Å². The summed E-state index contributed by atoms with van der Waals surface area (Å²) in [5.74, 6) is -2.39. The fourth-order valence-electron chi connectivity index (χ4n) is 3.00. The molecule has 1 aliphatic rings. The van der Waals surface area contributed by atoms with Crippen molar-refractivity contribution in [3.05, 3.63) is 46.2 Å². The number of hydrogen-bond donors (Lipinski definition) is 1. The second-order valence-corrected chi connectivity index (χ2v) is 8.15. The molecule has 1 aromatic heterocycles. The molecule has 10 heteroatoms. The van der Waals surface area contributed by atoms with Gasteiger partial charge in [-0.3, -0.25) is 9.59 Å². The van der Waals surface area contributed by atoms with Gasteiger partial charge in [0.15, 0.2) is 10.7 Å². The molecule has 2 heterocycles. The standard InChI is InChI=1S/C18H11Cl2FN2O4S/c1-18(7-13(24)25)16(26)23(10-4-2-8(21)6-11(10)27-18)17-22-15-12(28-17)5-3-9(19)14(15)20/h2-6H,7H2,1H3,(H,24,25). The van der Waals surface area contributed by atoms with E-state index in [0.29, 0.717) is 15.2 Å². The SMILES string of the molecule is CC1(CC(=O)O)Oc2cc(F)ccc2N(c2nc3c(Cl)c(Cl)ccc3s2)C1=O. The van der Waals surface area contributed by atoms with Gasteiger partial charge in [0.05, 0.1) is 26.9 Å². The maximum atomic E-state index is 13.8. The van der Waals surface area contributed by atoms with E-state index in [1.54, 1.807) is 12.1 Å². The fraction of sp³-hybridized carbons (Fsp3) is 0.167. The Morgan fingerprint density at radius 1 is 1.36 bits per heavy atom. The van der Waals surface area contributed by atoms with Crippen LogP contribution in [0.2, 0.25) is 10.0 Å². The Kier molecular flexibility index (Phi) is 4.45. The van der Waals surface area contributed by atoms with Gasteiger partial charge in [-0.25, -0.2) is 14.3 Å². The van der Waals surface area contributed by atoms with Gasteiger partial charge in [-0.05, 0) is 31.2 Å². The Bertz CT molecular complexity index is 1150. The minimum atomic E-state index is -1.73. The van der Waals surface area contributed by atoms with E-state index >= 15 is 0 Å². The third kappa shape index (κ3) is 2.97. The number of ether oxygens (including phenoxy) is 1. The molecule has 0 aliphatic carbocycles. The summed E-state index contributed by atoms with van der Waals surface area (Å²) >= 11 is 13.4. The summed E-state index contributed by atoms with van der Waals surface area (Å²) in [6.07, 6.45) is -0.601. The van der Waals surface area contributed by atoms with Crippen LogP contribution in [0.3, 0.4) is 0 Å². The minimum Gasteiger partial charge on any atom is -0.481 e. The third-order valence-corrected chi connectivity index (χ3v) is 6.07. The van der Waals surface area contributed by atoms with Crippen molar-refractivity contribution in [3.8, 4) is 5.75 Å².